The molecule has 0 aromatic carbocycles. The number of imidazole rings is 1. The molecule has 126 valence electrons. The fraction of sp³-hybridized carbons (Fsp3) is 0.765. The molecule has 3 aliphatic rings. The monoisotopic (exact) mass is 319 g/mol. The first-order valence-electron chi connectivity index (χ1n) is 8.87. The van der Waals surface area contributed by atoms with E-state index >= 15 is 0 Å². The van der Waals surface area contributed by atoms with Gasteiger partial charge < -0.3 is 19.3 Å². The van der Waals surface area contributed by atoms with E-state index in [4.69, 9.17) is 4.74 Å². The van der Waals surface area contributed by atoms with Crippen LogP contribution >= 0.6 is 0 Å². The number of amides is 1. The number of nitrogens with zero attached hydrogens (tertiary/aromatic N) is 3. The number of aryl methyl sites for hydroxylation is 2. The zero-order valence-electron chi connectivity index (χ0n) is 13.5. The van der Waals surface area contributed by atoms with Gasteiger partial charge in [-0.1, -0.05) is 6.42 Å². The molecule has 2 fully saturated rings. The van der Waals surface area contributed by atoms with Crippen molar-refractivity contribution in [1.29, 1.82) is 0 Å². The van der Waals surface area contributed by atoms with Gasteiger partial charge in [-0.25, -0.2) is 4.98 Å². The van der Waals surface area contributed by atoms with E-state index in [0.717, 1.165) is 50.9 Å². The standard InChI is InChI=1S/C17H25N3O3/c21-15-5-3-4-12(15)14-11-23-9-8-20(14)17(22)13-10-19-7-2-1-6-16(19)18-13/h10,12,14-15,21H,1-9,11H2/t12-,14+,15+/m0/s1. The summed E-state index contributed by atoms with van der Waals surface area (Å²) in [6, 6.07) is -0.0209. The van der Waals surface area contributed by atoms with Crippen LogP contribution in [0.5, 0.6) is 0 Å². The summed E-state index contributed by atoms with van der Waals surface area (Å²) in [7, 11) is 0. The minimum Gasteiger partial charge on any atom is -0.393 e. The normalized spacial score (nSPS) is 31.2. The second-order valence-corrected chi connectivity index (χ2v) is 7.00. The van der Waals surface area contributed by atoms with Crippen LogP contribution in [0.3, 0.4) is 0 Å². The Bertz CT molecular complexity index is 562. The highest BCUT2D eigenvalue weighted by Crippen LogP contribution is 2.32. The summed E-state index contributed by atoms with van der Waals surface area (Å²) in [6.45, 7) is 2.65. The highest BCUT2D eigenvalue weighted by Gasteiger charge is 2.40. The molecule has 3 heterocycles. The number of morpholine rings is 1. The Hall–Kier alpha value is -1.40. The average Bonchev–Trinajstić information content (AvgIpc) is 3.20. The highest BCUT2D eigenvalue weighted by atomic mass is 16.5. The molecule has 23 heavy (non-hydrogen) atoms. The number of aliphatic hydroxyl groups is 1. The SMILES string of the molecule is O=C(c1cn2c(n1)CCCC2)N1CCOC[C@@H]1[C@@H]1CCC[C@H]1O. The van der Waals surface area contributed by atoms with Crippen LogP contribution in [0.25, 0.3) is 0 Å². The fourth-order valence-corrected chi connectivity index (χ4v) is 4.31. The smallest absolute Gasteiger partial charge is 0.274 e. The minimum absolute atomic E-state index is 0.000648. The Morgan fingerprint density at radius 3 is 2.96 bits per heavy atom. The summed E-state index contributed by atoms with van der Waals surface area (Å²) < 4.78 is 7.73. The zero-order chi connectivity index (χ0) is 15.8. The topological polar surface area (TPSA) is 67.6 Å². The third kappa shape index (κ3) is 2.78. The molecule has 6 heteroatoms. The van der Waals surface area contributed by atoms with Crippen LogP contribution in [-0.4, -0.2) is 57.4 Å². The molecule has 0 spiro atoms. The van der Waals surface area contributed by atoms with E-state index in [1.54, 1.807) is 0 Å². The molecule has 1 N–H and O–H groups in total. The Balaban J connectivity index is 1.56. The van der Waals surface area contributed by atoms with Crippen molar-refractivity contribution in [3.8, 4) is 0 Å². The number of rotatable bonds is 2. The minimum atomic E-state index is -0.313. The van der Waals surface area contributed by atoms with Gasteiger partial charge in [0, 0.05) is 31.6 Å². The molecule has 4 rings (SSSR count). The maximum Gasteiger partial charge on any atom is 0.274 e. The third-order valence-corrected chi connectivity index (χ3v) is 5.58. The summed E-state index contributed by atoms with van der Waals surface area (Å²) in [5.41, 5.74) is 0.557. The Kier molecular flexibility index (Phi) is 4.11. The molecule has 1 saturated heterocycles. The lowest BCUT2D eigenvalue weighted by atomic mass is 9.94. The highest BCUT2D eigenvalue weighted by molar-refractivity contribution is 5.92. The second-order valence-electron chi connectivity index (χ2n) is 7.00. The molecule has 6 nitrogen and oxygen atoms in total. The maximum atomic E-state index is 13.0. The summed E-state index contributed by atoms with van der Waals surface area (Å²) in [5, 5.41) is 10.2. The molecule has 1 saturated carbocycles. The van der Waals surface area contributed by atoms with Gasteiger partial charge in [0.25, 0.3) is 5.91 Å². The molecular formula is C17H25N3O3. The van der Waals surface area contributed by atoms with Gasteiger partial charge in [-0.15, -0.1) is 0 Å². The fourth-order valence-electron chi connectivity index (χ4n) is 4.31. The van der Waals surface area contributed by atoms with Gasteiger partial charge in [-0.3, -0.25) is 4.79 Å². The van der Waals surface area contributed by atoms with E-state index in [2.05, 4.69) is 9.55 Å². The zero-order valence-corrected chi connectivity index (χ0v) is 13.5. The van der Waals surface area contributed by atoms with Crippen LogP contribution in [0.2, 0.25) is 0 Å². The van der Waals surface area contributed by atoms with E-state index in [1.807, 2.05) is 11.1 Å². The average molecular weight is 319 g/mol. The van der Waals surface area contributed by atoms with Gasteiger partial charge in [0.05, 0.1) is 25.4 Å². The van der Waals surface area contributed by atoms with Gasteiger partial charge in [-0.2, -0.15) is 0 Å². The van der Waals surface area contributed by atoms with Crippen molar-refractivity contribution < 1.29 is 14.6 Å². The molecule has 2 aliphatic heterocycles. The largest absolute Gasteiger partial charge is 0.393 e. The molecular weight excluding hydrogens is 294 g/mol. The van der Waals surface area contributed by atoms with Crippen molar-refractivity contribution in [2.24, 2.45) is 5.92 Å². The first kappa shape index (κ1) is 15.1. The van der Waals surface area contributed by atoms with Gasteiger partial charge >= 0.3 is 0 Å². The summed E-state index contributed by atoms with van der Waals surface area (Å²) >= 11 is 0. The third-order valence-electron chi connectivity index (χ3n) is 5.58. The molecule has 1 aromatic rings. The molecule has 0 bridgehead atoms. The van der Waals surface area contributed by atoms with Gasteiger partial charge in [0.2, 0.25) is 0 Å². The molecule has 1 amide bonds. The van der Waals surface area contributed by atoms with Crippen LogP contribution < -0.4 is 0 Å². The molecule has 3 atom stereocenters. The van der Waals surface area contributed by atoms with Crippen molar-refractivity contribution in [1.82, 2.24) is 14.5 Å². The second kappa shape index (κ2) is 6.24. The number of hydrogen-bond acceptors (Lipinski definition) is 4. The number of ether oxygens (including phenoxy) is 1. The van der Waals surface area contributed by atoms with Gasteiger partial charge in [0.1, 0.15) is 11.5 Å². The van der Waals surface area contributed by atoms with E-state index in [-0.39, 0.29) is 24.0 Å². The Labute approximate surface area is 136 Å². The van der Waals surface area contributed by atoms with Crippen molar-refractivity contribution in [2.75, 3.05) is 19.8 Å². The molecule has 0 unspecified atom stereocenters. The maximum absolute atomic E-state index is 13.0. The van der Waals surface area contributed by atoms with Gasteiger partial charge in [-0.05, 0) is 25.7 Å². The van der Waals surface area contributed by atoms with Crippen LogP contribution in [0.4, 0.5) is 0 Å². The number of carbonyl (C=O) groups is 1. The van der Waals surface area contributed by atoms with Gasteiger partial charge in [0.15, 0.2) is 0 Å². The molecule has 1 aliphatic carbocycles. The van der Waals surface area contributed by atoms with Crippen LogP contribution in [0.15, 0.2) is 6.20 Å². The first-order chi connectivity index (χ1) is 11.2. The number of carbonyl (C=O) groups excluding carboxylic acids is 1. The quantitative estimate of drug-likeness (QED) is 0.890. The van der Waals surface area contributed by atoms with E-state index in [1.165, 1.54) is 0 Å². The lowest BCUT2D eigenvalue weighted by Crippen LogP contribution is -2.53. The predicted octanol–water partition coefficient (Wildman–Crippen LogP) is 1.22. The number of fused-ring (bicyclic) bond motifs is 1. The lowest BCUT2D eigenvalue weighted by molar-refractivity contribution is -0.0385. The summed E-state index contributed by atoms with van der Waals surface area (Å²) in [6.07, 6.45) is 7.70. The van der Waals surface area contributed by atoms with Crippen molar-refractivity contribution in [2.45, 2.75) is 57.2 Å². The van der Waals surface area contributed by atoms with Crippen molar-refractivity contribution in [3.63, 3.8) is 0 Å². The number of aliphatic hydroxyl groups excluding tert-OH is 1. The van der Waals surface area contributed by atoms with E-state index in [9.17, 15) is 9.90 Å². The molecule has 0 radical (unpaired) electrons. The van der Waals surface area contributed by atoms with Crippen LogP contribution in [0, 0.1) is 5.92 Å². The Morgan fingerprint density at radius 1 is 1.26 bits per heavy atom. The number of hydrogen-bond donors (Lipinski definition) is 1. The predicted molar refractivity (Wildman–Crippen MR) is 84.2 cm³/mol. The van der Waals surface area contributed by atoms with Crippen LogP contribution in [0.1, 0.15) is 48.4 Å². The first-order valence-corrected chi connectivity index (χ1v) is 8.87. The van der Waals surface area contributed by atoms with E-state index in [0.29, 0.717) is 25.5 Å². The Morgan fingerprint density at radius 2 is 2.17 bits per heavy atom. The number of aromatic nitrogens is 2. The lowest BCUT2D eigenvalue weighted by Gasteiger charge is -2.39. The van der Waals surface area contributed by atoms with Crippen LogP contribution in [-0.2, 0) is 17.7 Å². The van der Waals surface area contributed by atoms with Crippen molar-refractivity contribution >= 4 is 5.91 Å². The van der Waals surface area contributed by atoms with Crippen molar-refractivity contribution in [3.05, 3.63) is 17.7 Å². The molecule has 1 aromatic heterocycles. The van der Waals surface area contributed by atoms with E-state index < -0.39 is 0 Å². The summed E-state index contributed by atoms with van der Waals surface area (Å²) in [4.78, 5) is 19.5. The summed E-state index contributed by atoms with van der Waals surface area (Å²) in [5.74, 6) is 1.17.